The van der Waals surface area contributed by atoms with Gasteiger partial charge in [-0.1, -0.05) is 28.1 Å². The van der Waals surface area contributed by atoms with E-state index in [2.05, 4.69) is 21.2 Å². The van der Waals surface area contributed by atoms with Crippen LogP contribution in [-0.4, -0.2) is 24.7 Å². The predicted molar refractivity (Wildman–Crippen MR) is 102 cm³/mol. The second-order valence-electron chi connectivity index (χ2n) is 5.10. The maximum Gasteiger partial charge on any atom is 0.266 e. The molecule has 0 heterocycles. The quantitative estimate of drug-likeness (QED) is 0.545. The average Bonchev–Trinajstić information content (AvgIpc) is 2.63. The Morgan fingerprint density at radius 3 is 2.73 bits per heavy atom. The number of nitrogens with one attached hydrogen (secondary N) is 1. The third-order valence-electron chi connectivity index (χ3n) is 3.40. The Kier molecular flexibility index (Phi) is 6.64. The Hall–Kier alpha value is -2.98. The molecule has 26 heavy (non-hydrogen) atoms. The number of benzene rings is 2. The van der Waals surface area contributed by atoms with E-state index in [1.54, 1.807) is 24.3 Å². The molecule has 2 rings (SSSR count). The van der Waals surface area contributed by atoms with Crippen molar-refractivity contribution in [2.45, 2.75) is 6.92 Å². The van der Waals surface area contributed by atoms with Gasteiger partial charge in [0.2, 0.25) is 0 Å². The van der Waals surface area contributed by atoms with Gasteiger partial charge in [-0.05, 0) is 42.8 Å². The monoisotopic (exact) mass is 416 g/mol. The van der Waals surface area contributed by atoms with Crippen LogP contribution in [0.3, 0.4) is 0 Å². The molecule has 134 valence electrons. The lowest BCUT2D eigenvalue weighted by Crippen LogP contribution is -2.14. The van der Waals surface area contributed by atoms with Crippen molar-refractivity contribution in [3.05, 3.63) is 52.0 Å². The van der Waals surface area contributed by atoms with E-state index in [9.17, 15) is 15.2 Å². The van der Waals surface area contributed by atoms with Crippen LogP contribution in [0.15, 0.2) is 46.4 Å². The molecule has 0 unspecified atom stereocenters. The summed E-state index contributed by atoms with van der Waals surface area (Å²) in [6, 6.07) is 11.8. The van der Waals surface area contributed by atoms with Crippen molar-refractivity contribution in [3.8, 4) is 23.3 Å². The molecule has 0 aromatic heterocycles. The summed E-state index contributed by atoms with van der Waals surface area (Å²) in [5, 5.41) is 21.8. The highest BCUT2D eigenvalue weighted by Crippen LogP contribution is 2.33. The number of carbonyl (C=O) groups is 1. The molecule has 0 aliphatic carbocycles. The van der Waals surface area contributed by atoms with Crippen molar-refractivity contribution in [1.29, 1.82) is 5.26 Å². The number of para-hydroxylation sites is 2. The summed E-state index contributed by atoms with van der Waals surface area (Å²) in [7, 11) is 1.42. The maximum atomic E-state index is 12.5. The smallest absolute Gasteiger partial charge is 0.266 e. The normalized spacial score (nSPS) is 10.8. The van der Waals surface area contributed by atoms with Gasteiger partial charge in [-0.3, -0.25) is 4.79 Å². The number of hydrogen-bond acceptors (Lipinski definition) is 5. The van der Waals surface area contributed by atoms with Gasteiger partial charge in [0.1, 0.15) is 17.4 Å². The van der Waals surface area contributed by atoms with Crippen molar-refractivity contribution < 1.29 is 19.4 Å². The highest BCUT2D eigenvalue weighted by molar-refractivity contribution is 9.10. The molecular formula is C19H17BrN2O4. The standard InChI is InChI=1S/C19H17BrN2O4/c1-3-26-17-7-5-4-6-15(17)22-19(24)13(11-21)8-12-9-18(25-2)16(23)10-14(12)20/h4-10,23H,3H2,1-2H3,(H,22,24)/b13-8-. The van der Waals surface area contributed by atoms with Crippen molar-refractivity contribution in [3.63, 3.8) is 0 Å². The molecule has 1 amide bonds. The highest BCUT2D eigenvalue weighted by Gasteiger charge is 2.14. The summed E-state index contributed by atoms with van der Waals surface area (Å²) in [4.78, 5) is 12.5. The first-order valence-corrected chi connectivity index (χ1v) is 8.50. The summed E-state index contributed by atoms with van der Waals surface area (Å²) in [5.41, 5.74) is 0.886. The molecule has 2 aromatic carbocycles. The van der Waals surface area contributed by atoms with Gasteiger partial charge in [-0.25, -0.2) is 0 Å². The topological polar surface area (TPSA) is 91.6 Å². The molecule has 0 aliphatic rings. The second kappa shape index (κ2) is 8.92. The molecule has 0 bridgehead atoms. The molecule has 0 saturated heterocycles. The number of aromatic hydroxyl groups is 1. The first-order valence-electron chi connectivity index (χ1n) is 7.71. The third-order valence-corrected chi connectivity index (χ3v) is 4.08. The van der Waals surface area contributed by atoms with Crippen LogP contribution in [0.5, 0.6) is 17.2 Å². The van der Waals surface area contributed by atoms with Gasteiger partial charge in [-0.2, -0.15) is 5.26 Å². The zero-order valence-corrected chi connectivity index (χ0v) is 15.8. The van der Waals surface area contributed by atoms with Gasteiger partial charge < -0.3 is 19.9 Å². The van der Waals surface area contributed by atoms with Crippen molar-refractivity contribution >= 4 is 33.6 Å². The number of anilines is 1. The number of nitriles is 1. The van der Waals surface area contributed by atoms with Crippen LogP contribution < -0.4 is 14.8 Å². The number of hydrogen-bond donors (Lipinski definition) is 2. The molecular weight excluding hydrogens is 400 g/mol. The fourth-order valence-electron chi connectivity index (χ4n) is 2.18. The number of phenolic OH excluding ortho intramolecular Hbond substituents is 1. The maximum absolute atomic E-state index is 12.5. The lowest BCUT2D eigenvalue weighted by molar-refractivity contribution is -0.112. The van der Waals surface area contributed by atoms with Gasteiger partial charge in [-0.15, -0.1) is 0 Å². The Morgan fingerprint density at radius 2 is 2.08 bits per heavy atom. The van der Waals surface area contributed by atoms with Crippen molar-refractivity contribution in [1.82, 2.24) is 0 Å². The molecule has 6 nitrogen and oxygen atoms in total. The Morgan fingerprint density at radius 1 is 1.35 bits per heavy atom. The van der Waals surface area contributed by atoms with Gasteiger partial charge in [0.05, 0.1) is 19.4 Å². The Labute approximate surface area is 159 Å². The highest BCUT2D eigenvalue weighted by atomic mass is 79.9. The summed E-state index contributed by atoms with van der Waals surface area (Å²) in [6.07, 6.45) is 1.41. The average molecular weight is 417 g/mol. The molecule has 0 atom stereocenters. The lowest BCUT2D eigenvalue weighted by Gasteiger charge is -2.11. The summed E-state index contributed by atoms with van der Waals surface area (Å²) in [5.74, 6) is 0.135. The number of carbonyl (C=O) groups excluding carboxylic acids is 1. The molecule has 0 saturated carbocycles. The molecule has 0 radical (unpaired) electrons. The van der Waals surface area contributed by atoms with Crippen LogP contribution in [0.2, 0.25) is 0 Å². The van der Waals surface area contributed by atoms with Crippen LogP contribution in [0.25, 0.3) is 6.08 Å². The van der Waals surface area contributed by atoms with E-state index in [4.69, 9.17) is 9.47 Å². The van der Waals surface area contributed by atoms with Crippen LogP contribution in [0.1, 0.15) is 12.5 Å². The van der Waals surface area contributed by atoms with E-state index in [1.807, 2.05) is 13.0 Å². The Balaban J connectivity index is 2.33. The largest absolute Gasteiger partial charge is 0.504 e. The summed E-state index contributed by atoms with van der Waals surface area (Å²) >= 11 is 3.30. The molecule has 2 N–H and O–H groups in total. The van der Waals surface area contributed by atoms with E-state index >= 15 is 0 Å². The minimum absolute atomic E-state index is 0.0508. The van der Waals surface area contributed by atoms with Crippen molar-refractivity contribution in [2.24, 2.45) is 0 Å². The van der Waals surface area contributed by atoms with Gasteiger partial charge in [0.25, 0.3) is 5.91 Å². The fourth-order valence-corrected chi connectivity index (χ4v) is 2.62. The Bertz CT molecular complexity index is 888. The summed E-state index contributed by atoms with van der Waals surface area (Å²) < 4.78 is 11.0. The van der Waals surface area contributed by atoms with Crippen LogP contribution >= 0.6 is 15.9 Å². The number of phenols is 1. The SMILES string of the molecule is CCOc1ccccc1NC(=O)/C(C#N)=C\c1cc(OC)c(O)cc1Br. The van der Waals surface area contributed by atoms with E-state index in [0.717, 1.165) is 0 Å². The molecule has 0 aliphatic heterocycles. The number of amides is 1. The minimum atomic E-state index is -0.571. The summed E-state index contributed by atoms with van der Waals surface area (Å²) in [6.45, 7) is 2.29. The molecule has 0 fully saturated rings. The number of ether oxygens (including phenoxy) is 2. The fraction of sp³-hybridized carbons (Fsp3) is 0.158. The molecule has 0 spiro atoms. The van der Waals surface area contributed by atoms with E-state index < -0.39 is 5.91 Å². The first-order chi connectivity index (χ1) is 12.5. The third kappa shape index (κ3) is 4.55. The molecule has 2 aromatic rings. The van der Waals surface area contributed by atoms with Gasteiger partial charge >= 0.3 is 0 Å². The van der Waals surface area contributed by atoms with Crippen LogP contribution in [-0.2, 0) is 4.79 Å². The first kappa shape index (κ1) is 19.3. The van der Waals surface area contributed by atoms with Crippen LogP contribution in [0.4, 0.5) is 5.69 Å². The predicted octanol–water partition coefficient (Wildman–Crippen LogP) is 4.11. The number of nitrogens with zero attached hydrogens (tertiary/aromatic N) is 1. The van der Waals surface area contributed by atoms with E-state index in [1.165, 1.54) is 25.3 Å². The number of halogens is 1. The van der Waals surface area contributed by atoms with E-state index in [-0.39, 0.29) is 17.1 Å². The van der Waals surface area contributed by atoms with E-state index in [0.29, 0.717) is 28.1 Å². The minimum Gasteiger partial charge on any atom is -0.504 e. The zero-order chi connectivity index (χ0) is 19.1. The number of methoxy groups -OCH3 is 1. The van der Waals surface area contributed by atoms with Gasteiger partial charge in [0, 0.05) is 4.47 Å². The lowest BCUT2D eigenvalue weighted by atomic mass is 10.1. The second-order valence-corrected chi connectivity index (χ2v) is 5.95. The van der Waals surface area contributed by atoms with Gasteiger partial charge in [0.15, 0.2) is 11.5 Å². The number of rotatable bonds is 6. The zero-order valence-electron chi connectivity index (χ0n) is 14.2. The van der Waals surface area contributed by atoms with Crippen LogP contribution in [0, 0.1) is 11.3 Å². The van der Waals surface area contributed by atoms with Crippen molar-refractivity contribution in [2.75, 3.05) is 19.0 Å². The molecule has 7 heteroatoms.